The number of amides is 1. The highest BCUT2D eigenvalue weighted by Gasteiger charge is 2.34. The second-order valence-corrected chi connectivity index (χ2v) is 8.83. The fourth-order valence-corrected chi connectivity index (χ4v) is 4.41. The highest BCUT2D eigenvalue weighted by molar-refractivity contribution is 5.96. The van der Waals surface area contributed by atoms with Crippen molar-refractivity contribution in [3.63, 3.8) is 0 Å². The molecule has 10 heteroatoms. The molecule has 33 heavy (non-hydrogen) atoms. The summed E-state index contributed by atoms with van der Waals surface area (Å²) in [4.78, 5) is 36.0. The van der Waals surface area contributed by atoms with Gasteiger partial charge in [0.2, 0.25) is 23.8 Å². The minimum Gasteiger partial charge on any atom is -0.329 e. The maximum absolute atomic E-state index is 13.1. The van der Waals surface area contributed by atoms with Gasteiger partial charge in [-0.25, -0.2) is 15.0 Å². The van der Waals surface area contributed by atoms with Gasteiger partial charge in [0, 0.05) is 17.8 Å². The van der Waals surface area contributed by atoms with Gasteiger partial charge in [0.1, 0.15) is 11.9 Å². The summed E-state index contributed by atoms with van der Waals surface area (Å²) in [5.74, 6) is 1.53. The predicted molar refractivity (Wildman–Crippen MR) is 123 cm³/mol. The number of nitrogens with one attached hydrogen (secondary N) is 3. The SMILES string of the molecule is CC(C)c1cnc(Nc2nc(N3CCC[C@@H]3C(=O)Nc3ccc(F)nc3)nc3c2CCC3)[nH]1. The van der Waals surface area contributed by atoms with E-state index in [-0.39, 0.29) is 5.91 Å². The Morgan fingerprint density at radius 2 is 2.06 bits per heavy atom. The van der Waals surface area contributed by atoms with Crippen molar-refractivity contribution in [2.75, 3.05) is 22.1 Å². The Kier molecular flexibility index (Phi) is 5.65. The van der Waals surface area contributed by atoms with Crippen LogP contribution in [0.3, 0.4) is 0 Å². The number of aryl methyl sites for hydroxylation is 1. The first-order valence-corrected chi connectivity index (χ1v) is 11.4. The number of fused-ring (bicyclic) bond motifs is 1. The van der Waals surface area contributed by atoms with E-state index in [0.29, 0.717) is 36.5 Å². The number of imidazole rings is 1. The van der Waals surface area contributed by atoms with E-state index in [1.165, 1.54) is 18.3 Å². The zero-order chi connectivity index (χ0) is 22.9. The van der Waals surface area contributed by atoms with E-state index in [2.05, 4.69) is 39.4 Å². The Hall–Kier alpha value is -3.56. The molecule has 1 aliphatic carbocycles. The Labute approximate surface area is 191 Å². The summed E-state index contributed by atoms with van der Waals surface area (Å²) in [6.07, 6.45) is 7.53. The zero-order valence-corrected chi connectivity index (χ0v) is 18.7. The Morgan fingerprint density at radius 1 is 1.18 bits per heavy atom. The molecule has 1 atom stereocenters. The number of carbonyl (C=O) groups excluding carboxylic acids is 1. The number of carbonyl (C=O) groups is 1. The Balaban J connectivity index is 1.40. The van der Waals surface area contributed by atoms with Crippen LogP contribution in [0.25, 0.3) is 0 Å². The van der Waals surface area contributed by atoms with Crippen molar-refractivity contribution in [1.29, 1.82) is 0 Å². The third-order valence-corrected chi connectivity index (χ3v) is 6.18. The smallest absolute Gasteiger partial charge is 0.247 e. The molecule has 4 heterocycles. The predicted octanol–water partition coefficient (Wildman–Crippen LogP) is 3.70. The van der Waals surface area contributed by atoms with Crippen molar-refractivity contribution in [1.82, 2.24) is 24.9 Å². The van der Waals surface area contributed by atoms with Crippen molar-refractivity contribution in [2.24, 2.45) is 0 Å². The van der Waals surface area contributed by atoms with Gasteiger partial charge < -0.3 is 20.5 Å². The topological polar surface area (TPSA) is 112 Å². The zero-order valence-electron chi connectivity index (χ0n) is 18.7. The molecule has 0 saturated carbocycles. The average molecular weight is 451 g/mol. The van der Waals surface area contributed by atoms with Gasteiger partial charge in [0.25, 0.3) is 0 Å². The number of hydrogen-bond donors (Lipinski definition) is 3. The average Bonchev–Trinajstić information content (AvgIpc) is 3.55. The van der Waals surface area contributed by atoms with Crippen LogP contribution >= 0.6 is 0 Å². The van der Waals surface area contributed by atoms with Crippen LogP contribution in [0.2, 0.25) is 0 Å². The van der Waals surface area contributed by atoms with Crippen LogP contribution in [0.4, 0.5) is 27.8 Å². The normalized spacial score (nSPS) is 17.5. The summed E-state index contributed by atoms with van der Waals surface area (Å²) in [5, 5.41) is 6.18. The first kappa shape index (κ1) is 21.3. The number of aromatic nitrogens is 5. The molecular formula is C23H27FN8O. The first-order chi connectivity index (χ1) is 16.0. The fourth-order valence-electron chi connectivity index (χ4n) is 4.41. The van der Waals surface area contributed by atoms with Gasteiger partial charge in [-0.15, -0.1) is 0 Å². The Bertz CT molecular complexity index is 1160. The van der Waals surface area contributed by atoms with Crippen LogP contribution in [0.1, 0.15) is 56.0 Å². The van der Waals surface area contributed by atoms with Gasteiger partial charge >= 0.3 is 0 Å². The maximum atomic E-state index is 13.1. The quantitative estimate of drug-likeness (QED) is 0.491. The van der Waals surface area contributed by atoms with Gasteiger partial charge in [-0.05, 0) is 50.2 Å². The van der Waals surface area contributed by atoms with Crippen LogP contribution in [-0.4, -0.2) is 43.4 Å². The van der Waals surface area contributed by atoms with E-state index in [4.69, 9.17) is 9.97 Å². The summed E-state index contributed by atoms with van der Waals surface area (Å²) < 4.78 is 13.1. The summed E-state index contributed by atoms with van der Waals surface area (Å²) >= 11 is 0. The van der Waals surface area contributed by atoms with Gasteiger partial charge in [-0.3, -0.25) is 4.79 Å². The number of rotatable bonds is 6. The highest BCUT2D eigenvalue weighted by Crippen LogP contribution is 2.32. The molecule has 1 saturated heterocycles. The van der Waals surface area contributed by atoms with Crippen LogP contribution in [0.15, 0.2) is 24.5 Å². The summed E-state index contributed by atoms with van der Waals surface area (Å²) in [6.45, 7) is 4.91. The molecule has 172 valence electrons. The number of anilines is 4. The van der Waals surface area contributed by atoms with E-state index in [1.54, 1.807) is 0 Å². The summed E-state index contributed by atoms with van der Waals surface area (Å²) in [6, 6.07) is 2.32. The molecule has 1 aliphatic heterocycles. The number of aromatic amines is 1. The molecule has 3 N–H and O–H groups in total. The first-order valence-electron chi connectivity index (χ1n) is 11.4. The van der Waals surface area contributed by atoms with E-state index in [9.17, 15) is 9.18 Å². The largest absolute Gasteiger partial charge is 0.329 e. The molecule has 1 fully saturated rings. The van der Waals surface area contributed by atoms with Crippen LogP contribution in [-0.2, 0) is 17.6 Å². The number of halogens is 1. The van der Waals surface area contributed by atoms with E-state index in [0.717, 1.165) is 48.5 Å². The number of H-pyrrole nitrogens is 1. The van der Waals surface area contributed by atoms with Gasteiger partial charge in [-0.1, -0.05) is 13.8 Å². The summed E-state index contributed by atoms with van der Waals surface area (Å²) in [7, 11) is 0. The lowest BCUT2D eigenvalue weighted by Crippen LogP contribution is -2.40. The molecule has 3 aromatic heterocycles. The van der Waals surface area contributed by atoms with Crippen LogP contribution < -0.4 is 15.5 Å². The molecule has 0 radical (unpaired) electrons. The van der Waals surface area contributed by atoms with Crippen LogP contribution in [0.5, 0.6) is 0 Å². The standard InChI is InChI=1S/C23H27FN8O/c1-13(2)17-12-26-22(28-17)30-20-15-5-3-6-16(15)29-23(31-20)32-10-4-7-18(32)21(33)27-14-8-9-19(24)25-11-14/h8-9,11-13,18H,3-7,10H2,1-2H3,(H,27,33)(H2,26,28,29,30,31)/t18-/m1/s1. The van der Waals surface area contributed by atoms with Crippen molar-refractivity contribution in [3.05, 3.63) is 47.4 Å². The van der Waals surface area contributed by atoms with Gasteiger partial charge in [-0.2, -0.15) is 9.37 Å². The van der Waals surface area contributed by atoms with E-state index >= 15 is 0 Å². The lowest BCUT2D eigenvalue weighted by molar-refractivity contribution is -0.117. The van der Waals surface area contributed by atoms with Crippen molar-refractivity contribution >= 4 is 29.3 Å². The minimum atomic E-state index is -0.584. The summed E-state index contributed by atoms with van der Waals surface area (Å²) in [5.41, 5.74) is 3.64. The highest BCUT2D eigenvalue weighted by atomic mass is 19.1. The third-order valence-electron chi connectivity index (χ3n) is 6.18. The minimum absolute atomic E-state index is 0.174. The molecule has 9 nitrogen and oxygen atoms in total. The molecule has 5 rings (SSSR count). The second kappa shape index (κ2) is 8.76. The maximum Gasteiger partial charge on any atom is 0.247 e. The Morgan fingerprint density at radius 3 is 2.82 bits per heavy atom. The molecule has 3 aromatic rings. The van der Waals surface area contributed by atoms with E-state index < -0.39 is 12.0 Å². The van der Waals surface area contributed by atoms with Crippen molar-refractivity contribution < 1.29 is 9.18 Å². The number of hydrogen-bond acceptors (Lipinski definition) is 7. The fraction of sp³-hybridized carbons (Fsp3) is 0.435. The molecule has 1 amide bonds. The molecule has 0 bridgehead atoms. The van der Waals surface area contributed by atoms with Crippen molar-refractivity contribution in [2.45, 2.75) is 57.9 Å². The number of pyridine rings is 1. The monoisotopic (exact) mass is 450 g/mol. The van der Waals surface area contributed by atoms with Crippen molar-refractivity contribution in [3.8, 4) is 0 Å². The molecule has 0 spiro atoms. The molecule has 0 aromatic carbocycles. The second-order valence-electron chi connectivity index (χ2n) is 8.83. The molecule has 2 aliphatic rings. The van der Waals surface area contributed by atoms with Gasteiger partial charge in [0.05, 0.1) is 23.8 Å². The lowest BCUT2D eigenvalue weighted by atomic mass is 10.2. The molecule has 0 unspecified atom stereocenters. The van der Waals surface area contributed by atoms with Crippen LogP contribution in [0, 0.1) is 5.95 Å². The van der Waals surface area contributed by atoms with E-state index in [1.807, 2.05) is 11.1 Å². The lowest BCUT2D eigenvalue weighted by Gasteiger charge is -2.25. The molecular weight excluding hydrogens is 423 g/mol. The van der Waals surface area contributed by atoms with Gasteiger partial charge in [0.15, 0.2) is 0 Å². The number of nitrogens with zero attached hydrogens (tertiary/aromatic N) is 5. The third kappa shape index (κ3) is 4.37.